The molecule has 0 spiro atoms. The number of nitrogens with zero attached hydrogens (tertiary/aromatic N) is 1. The zero-order chi connectivity index (χ0) is 14.4. The first-order valence-corrected chi connectivity index (χ1v) is 7.55. The van der Waals surface area contributed by atoms with Crippen molar-refractivity contribution in [3.05, 3.63) is 29.6 Å². The first kappa shape index (κ1) is 15.3. The Morgan fingerprint density at radius 1 is 1.35 bits per heavy atom. The van der Waals surface area contributed by atoms with Gasteiger partial charge in [-0.25, -0.2) is 4.39 Å². The van der Waals surface area contributed by atoms with Crippen LogP contribution in [0.15, 0.2) is 18.2 Å². The number of aliphatic hydroxyl groups is 1. The molecule has 1 fully saturated rings. The molecule has 0 amide bonds. The molecule has 112 valence electrons. The summed E-state index contributed by atoms with van der Waals surface area (Å²) in [5.41, 5.74) is 1.83. The van der Waals surface area contributed by atoms with E-state index in [-0.39, 0.29) is 12.4 Å². The number of aliphatic hydroxyl groups excluding tert-OH is 1. The third kappa shape index (κ3) is 4.18. The number of nitrogens with one attached hydrogen (secondary N) is 1. The number of piperidine rings is 1. The molecule has 0 aliphatic carbocycles. The summed E-state index contributed by atoms with van der Waals surface area (Å²) in [5, 5.41) is 12.0. The van der Waals surface area contributed by atoms with Crippen LogP contribution in [0.25, 0.3) is 0 Å². The summed E-state index contributed by atoms with van der Waals surface area (Å²) in [7, 11) is 0. The second-order valence-corrected chi connectivity index (χ2v) is 5.71. The largest absolute Gasteiger partial charge is 0.396 e. The lowest BCUT2D eigenvalue weighted by Crippen LogP contribution is -2.33. The van der Waals surface area contributed by atoms with Gasteiger partial charge < -0.3 is 15.3 Å². The van der Waals surface area contributed by atoms with E-state index >= 15 is 0 Å². The summed E-state index contributed by atoms with van der Waals surface area (Å²) in [6, 6.07) is 5.35. The molecule has 0 unspecified atom stereocenters. The van der Waals surface area contributed by atoms with Gasteiger partial charge in [0, 0.05) is 26.2 Å². The van der Waals surface area contributed by atoms with Gasteiger partial charge in [-0.3, -0.25) is 0 Å². The van der Waals surface area contributed by atoms with Crippen LogP contribution in [0.1, 0.15) is 31.7 Å². The van der Waals surface area contributed by atoms with Gasteiger partial charge in [-0.1, -0.05) is 13.0 Å². The van der Waals surface area contributed by atoms with Crippen LogP contribution >= 0.6 is 0 Å². The maximum Gasteiger partial charge on any atom is 0.146 e. The average Bonchev–Trinajstić information content (AvgIpc) is 2.46. The van der Waals surface area contributed by atoms with E-state index in [1.54, 1.807) is 6.07 Å². The number of anilines is 1. The van der Waals surface area contributed by atoms with Crippen molar-refractivity contribution in [2.45, 2.75) is 32.7 Å². The maximum absolute atomic E-state index is 14.0. The molecule has 3 nitrogen and oxygen atoms in total. The van der Waals surface area contributed by atoms with Gasteiger partial charge in [-0.05, 0) is 49.4 Å². The van der Waals surface area contributed by atoms with Crippen molar-refractivity contribution in [2.75, 3.05) is 31.1 Å². The Labute approximate surface area is 120 Å². The fourth-order valence-electron chi connectivity index (χ4n) is 2.60. The standard InChI is InChI=1S/C16H25FN2O/c1-13-5-8-19(9-6-13)16-11-14(3-4-15(16)17)12-18-7-2-10-20/h3-4,11,13,18,20H,2,5-10,12H2,1H3. The van der Waals surface area contributed by atoms with E-state index in [0.717, 1.165) is 62.6 Å². The van der Waals surface area contributed by atoms with E-state index in [2.05, 4.69) is 17.1 Å². The molecule has 0 bridgehead atoms. The number of halogens is 1. The molecule has 1 aromatic rings. The average molecular weight is 280 g/mol. The summed E-state index contributed by atoms with van der Waals surface area (Å²) >= 11 is 0. The van der Waals surface area contributed by atoms with E-state index in [0.29, 0.717) is 0 Å². The highest BCUT2D eigenvalue weighted by Crippen LogP contribution is 2.26. The van der Waals surface area contributed by atoms with Gasteiger partial charge in [0.05, 0.1) is 5.69 Å². The van der Waals surface area contributed by atoms with Crippen LogP contribution in [-0.4, -0.2) is 31.3 Å². The fourth-order valence-corrected chi connectivity index (χ4v) is 2.60. The smallest absolute Gasteiger partial charge is 0.146 e. The minimum atomic E-state index is -0.126. The van der Waals surface area contributed by atoms with Gasteiger partial charge in [0.1, 0.15) is 5.82 Å². The molecule has 2 N–H and O–H groups in total. The van der Waals surface area contributed by atoms with Gasteiger partial charge in [0.15, 0.2) is 0 Å². The number of rotatable bonds is 6. The minimum Gasteiger partial charge on any atom is -0.396 e. The molecule has 0 aromatic heterocycles. The highest BCUT2D eigenvalue weighted by atomic mass is 19.1. The minimum absolute atomic E-state index is 0.126. The van der Waals surface area contributed by atoms with E-state index in [4.69, 9.17) is 5.11 Å². The van der Waals surface area contributed by atoms with Gasteiger partial charge in [-0.2, -0.15) is 0 Å². The first-order chi connectivity index (χ1) is 9.70. The lowest BCUT2D eigenvalue weighted by molar-refractivity contribution is 0.286. The van der Waals surface area contributed by atoms with Gasteiger partial charge in [0.2, 0.25) is 0 Å². The van der Waals surface area contributed by atoms with Crippen molar-refractivity contribution < 1.29 is 9.50 Å². The van der Waals surface area contributed by atoms with E-state index in [1.807, 2.05) is 12.1 Å². The molecule has 1 aliphatic heterocycles. The molecule has 0 radical (unpaired) electrons. The molecule has 1 saturated heterocycles. The van der Waals surface area contributed by atoms with Crippen molar-refractivity contribution in [2.24, 2.45) is 5.92 Å². The quantitative estimate of drug-likeness (QED) is 0.786. The van der Waals surface area contributed by atoms with Crippen molar-refractivity contribution in [1.29, 1.82) is 0 Å². The molecule has 2 rings (SSSR count). The van der Waals surface area contributed by atoms with Crippen LogP contribution < -0.4 is 10.2 Å². The van der Waals surface area contributed by atoms with Crippen molar-refractivity contribution in [3.8, 4) is 0 Å². The third-order valence-corrected chi connectivity index (χ3v) is 3.98. The van der Waals surface area contributed by atoms with Crippen molar-refractivity contribution in [3.63, 3.8) is 0 Å². The summed E-state index contributed by atoms with van der Waals surface area (Å²) < 4.78 is 14.0. The van der Waals surface area contributed by atoms with Gasteiger partial charge in [0.25, 0.3) is 0 Å². The Balaban J connectivity index is 1.97. The highest BCUT2D eigenvalue weighted by molar-refractivity contribution is 5.50. The second kappa shape index (κ2) is 7.60. The molecule has 20 heavy (non-hydrogen) atoms. The Hall–Kier alpha value is -1.13. The van der Waals surface area contributed by atoms with E-state index in [9.17, 15) is 4.39 Å². The first-order valence-electron chi connectivity index (χ1n) is 7.55. The van der Waals surface area contributed by atoms with Crippen molar-refractivity contribution in [1.82, 2.24) is 5.32 Å². The Morgan fingerprint density at radius 2 is 2.10 bits per heavy atom. The normalized spacial score (nSPS) is 16.6. The lowest BCUT2D eigenvalue weighted by atomic mass is 9.98. The topological polar surface area (TPSA) is 35.5 Å². The Kier molecular flexibility index (Phi) is 5.80. The molecular weight excluding hydrogens is 255 g/mol. The van der Waals surface area contributed by atoms with Gasteiger partial charge >= 0.3 is 0 Å². The highest BCUT2D eigenvalue weighted by Gasteiger charge is 2.18. The number of benzene rings is 1. The number of hydrogen-bond donors (Lipinski definition) is 2. The summed E-state index contributed by atoms with van der Waals surface area (Å²) in [4.78, 5) is 2.16. The molecule has 1 heterocycles. The lowest BCUT2D eigenvalue weighted by Gasteiger charge is -2.32. The van der Waals surface area contributed by atoms with Crippen LogP contribution in [0.2, 0.25) is 0 Å². The molecule has 0 saturated carbocycles. The van der Waals surface area contributed by atoms with Crippen LogP contribution in [0, 0.1) is 11.7 Å². The Morgan fingerprint density at radius 3 is 2.80 bits per heavy atom. The monoisotopic (exact) mass is 280 g/mol. The molecule has 0 atom stereocenters. The Bertz CT molecular complexity index is 417. The molecule has 4 heteroatoms. The van der Waals surface area contributed by atoms with Gasteiger partial charge in [-0.15, -0.1) is 0 Å². The predicted octanol–water partition coefficient (Wildman–Crippen LogP) is 2.53. The maximum atomic E-state index is 14.0. The van der Waals surface area contributed by atoms with E-state index < -0.39 is 0 Å². The SMILES string of the molecule is CC1CCN(c2cc(CNCCCO)ccc2F)CC1. The predicted molar refractivity (Wildman–Crippen MR) is 80.4 cm³/mol. The zero-order valence-corrected chi connectivity index (χ0v) is 12.2. The van der Waals surface area contributed by atoms with Crippen molar-refractivity contribution >= 4 is 5.69 Å². The second-order valence-electron chi connectivity index (χ2n) is 5.71. The van der Waals surface area contributed by atoms with Crippen LogP contribution in [0.5, 0.6) is 0 Å². The van der Waals surface area contributed by atoms with E-state index in [1.165, 1.54) is 0 Å². The van der Waals surface area contributed by atoms with Crippen LogP contribution in [0.4, 0.5) is 10.1 Å². The summed E-state index contributed by atoms with van der Waals surface area (Å²) in [5.74, 6) is 0.622. The molecule has 1 aromatic carbocycles. The fraction of sp³-hybridized carbons (Fsp3) is 0.625. The third-order valence-electron chi connectivity index (χ3n) is 3.98. The van der Waals surface area contributed by atoms with Crippen LogP contribution in [-0.2, 0) is 6.54 Å². The number of hydrogen-bond acceptors (Lipinski definition) is 3. The van der Waals surface area contributed by atoms with Crippen LogP contribution in [0.3, 0.4) is 0 Å². The molecule has 1 aliphatic rings. The zero-order valence-electron chi connectivity index (χ0n) is 12.2. The summed E-state index contributed by atoms with van der Waals surface area (Å²) in [6.07, 6.45) is 3.02. The molecular formula is C16H25FN2O. The summed E-state index contributed by atoms with van der Waals surface area (Å²) in [6.45, 7) is 5.85.